The molecule has 2 aromatic carbocycles. The molecule has 0 unspecified atom stereocenters. The molecular formula is C15H14. The van der Waals surface area contributed by atoms with Crippen LogP contribution in [0.2, 0.25) is 0 Å². The summed E-state index contributed by atoms with van der Waals surface area (Å²) in [6.07, 6.45) is 5.85. The minimum Gasteiger partial charge on any atom is -0.120 e. The van der Waals surface area contributed by atoms with E-state index in [9.17, 15) is 0 Å². The van der Waals surface area contributed by atoms with E-state index in [0.717, 1.165) is 6.42 Å². The maximum atomic E-state index is 5.11. The molecule has 0 aliphatic heterocycles. The van der Waals surface area contributed by atoms with Crippen molar-refractivity contribution in [2.45, 2.75) is 6.42 Å². The normalized spacial score (nSPS) is 8.20. The van der Waals surface area contributed by atoms with Gasteiger partial charge in [0.1, 0.15) is 0 Å². The summed E-state index contributed by atoms with van der Waals surface area (Å²) >= 11 is 0. The Morgan fingerprint density at radius 1 is 0.733 bits per heavy atom. The van der Waals surface area contributed by atoms with Crippen LogP contribution < -0.4 is 0 Å². The van der Waals surface area contributed by atoms with E-state index in [1.165, 1.54) is 5.56 Å². The van der Waals surface area contributed by atoms with E-state index in [2.05, 4.69) is 5.92 Å². The first-order valence-electron chi connectivity index (χ1n) is 4.91. The van der Waals surface area contributed by atoms with E-state index in [4.69, 9.17) is 6.42 Å². The van der Waals surface area contributed by atoms with Crippen molar-refractivity contribution in [2.75, 3.05) is 0 Å². The van der Waals surface area contributed by atoms with Gasteiger partial charge in [-0.1, -0.05) is 66.7 Å². The Kier molecular flexibility index (Phi) is 5.47. The second-order valence-corrected chi connectivity index (χ2v) is 3.02. The van der Waals surface area contributed by atoms with Gasteiger partial charge < -0.3 is 0 Å². The average Bonchev–Trinajstić information content (AvgIpc) is 2.34. The van der Waals surface area contributed by atoms with Crippen LogP contribution in [-0.4, -0.2) is 0 Å². The van der Waals surface area contributed by atoms with Crippen molar-refractivity contribution in [3.05, 3.63) is 72.3 Å². The predicted molar refractivity (Wildman–Crippen MR) is 65.4 cm³/mol. The highest BCUT2D eigenvalue weighted by Gasteiger charge is 1.82. The first kappa shape index (κ1) is 11.1. The minimum atomic E-state index is 0.737. The van der Waals surface area contributed by atoms with E-state index in [1.54, 1.807) is 0 Å². The zero-order valence-electron chi connectivity index (χ0n) is 8.64. The second kappa shape index (κ2) is 7.41. The molecule has 0 nitrogen and oxygen atoms in total. The lowest BCUT2D eigenvalue weighted by molar-refractivity contribution is 1.32. The highest BCUT2D eigenvalue weighted by molar-refractivity contribution is 5.18. The highest BCUT2D eigenvalue weighted by atomic mass is 13.9. The molecule has 0 spiro atoms. The van der Waals surface area contributed by atoms with Gasteiger partial charge in [0, 0.05) is 6.42 Å². The van der Waals surface area contributed by atoms with Crippen molar-refractivity contribution in [3.8, 4) is 12.3 Å². The molecule has 0 aromatic heterocycles. The number of benzene rings is 2. The highest BCUT2D eigenvalue weighted by Crippen LogP contribution is 1.96. The van der Waals surface area contributed by atoms with E-state index >= 15 is 0 Å². The van der Waals surface area contributed by atoms with Gasteiger partial charge in [-0.15, -0.1) is 12.3 Å². The van der Waals surface area contributed by atoms with Crippen LogP contribution in [0.5, 0.6) is 0 Å². The average molecular weight is 194 g/mol. The van der Waals surface area contributed by atoms with Crippen LogP contribution in [0.25, 0.3) is 0 Å². The molecule has 0 heteroatoms. The van der Waals surface area contributed by atoms with E-state index in [0.29, 0.717) is 0 Å². The van der Waals surface area contributed by atoms with Gasteiger partial charge in [-0.25, -0.2) is 0 Å². The van der Waals surface area contributed by atoms with Gasteiger partial charge in [0.25, 0.3) is 0 Å². The van der Waals surface area contributed by atoms with Crippen molar-refractivity contribution in [2.24, 2.45) is 0 Å². The second-order valence-electron chi connectivity index (χ2n) is 3.02. The third-order valence-corrected chi connectivity index (χ3v) is 1.82. The fourth-order valence-electron chi connectivity index (χ4n) is 1.10. The predicted octanol–water partition coefficient (Wildman–Crippen LogP) is 3.55. The van der Waals surface area contributed by atoms with Crippen LogP contribution in [0.1, 0.15) is 5.56 Å². The van der Waals surface area contributed by atoms with Gasteiger partial charge in [-0.2, -0.15) is 0 Å². The van der Waals surface area contributed by atoms with Crippen LogP contribution in [0.4, 0.5) is 0 Å². The molecule has 0 fully saturated rings. The summed E-state index contributed by atoms with van der Waals surface area (Å²) in [6, 6.07) is 22.0. The van der Waals surface area contributed by atoms with Gasteiger partial charge in [-0.05, 0) is 5.56 Å². The van der Waals surface area contributed by atoms with Crippen LogP contribution in [0, 0.1) is 12.3 Å². The number of hydrogen-bond acceptors (Lipinski definition) is 0. The molecule has 0 bridgehead atoms. The van der Waals surface area contributed by atoms with Crippen molar-refractivity contribution in [1.82, 2.24) is 0 Å². The van der Waals surface area contributed by atoms with E-state index in [1.807, 2.05) is 66.7 Å². The third-order valence-electron chi connectivity index (χ3n) is 1.82. The Hall–Kier alpha value is -2.00. The number of hydrogen-bond donors (Lipinski definition) is 0. The summed E-state index contributed by atoms with van der Waals surface area (Å²) in [7, 11) is 0. The van der Waals surface area contributed by atoms with Gasteiger partial charge in [-0.3, -0.25) is 0 Å². The van der Waals surface area contributed by atoms with Crippen LogP contribution in [-0.2, 0) is 6.42 Å². The molecule has 0 saturated carbocycles. The Morgan fingerprint density at radius 2 is 1.13 bits per heavy atom. The summed E-state index contributed by atoms with van der Waals surface area (Å²) in [5.74, 6) is 2.58. The zero-order valence-corrected chi connectivity index (χ0v) is 8.64. The molecule has 2 rings (SSSR count). The summed E-state index contributed by atoms with van der Waals surface area (Å²) in [5.41, 5.74) is 1.21. The fourth-order valence-corrected chi connectivity index (χ4v) is 1.10. The van der Waals surface area contributed by atoms with E-state index < -0.39 is 0 Å². The minimum absolute atomic E-state index is 0.737. The third kappa shape index (κ3) is 5.33. The fraction of sp³-hybridized carbons (Fsp3) is 0.0667. The Bertz CT molecular complexity index is 355. The molecule has 0 N–H and O–H groups in total. The molecule has 15 heavy (non-hydrogen) atoms. The quantitative estimate of drug-likeness (QED) is 0.609. The number of terminal acetylenes is 1. The zero-order chi connectivity index (χ0) is 10.8. The Labute approximate surface area is 91.6 Å². The summed E-state index contributed by atoms with van der Waals surface area (Å²) in [5, 5.41) is 0. The van der Waals surface area contributed by atoms with Gasteiger partial charge >= 0.3 is 0 Å². The summed E-state index contributed by atoms with van der Waals surface area (Å²) in [6.45, 7) is 0. The van der Waals surface area contributed by atoms with Crippen molar-refractivity contribution in [1.29, 1.82) is 0 Å². The Balaban J connectivity index is 0.000000162. The standard InChI is InChI=1S/C9H8.C6H6/c1-2-6-9-7-4-3-5-8-9;1-2-4-6-5-3-1/h1,3-5,7-8H,6H2;1-6H. The molecule has 0 amide bonds. The molecular weight excluding hydrogens is 180 g/mol. The first-order chi connectivity index (χ1) is 7.43. The van der Waals surface area contributed by atoms with Gasteiger partial charge in [0.05, 0.1) is 0 Å². The monoisotopic (exact) mass is 194 g/mol. The molecule has 74 valence electrons. The summed E-state index contributed by atoms with van der Waals surface area (Å²) in [4.78, 5) is 0. The molecule has 0 aliphatic rings. The lowest BCUT2D eigenvalue weighted by Crippen LogP contribution is -1.76. The lowest BCUT2D eigenvalue weighted by Gasteiger charge is -1.89. The smallest absolute Gasteiger partial charge is 0.0337 e. The van der Waals surface area contributed by atoms with Crippen molar-refractivity contribution < 1.29 is 0 Å². The van der Waals surface area contributed by atoms with Crippen LogP contribution in [0.3, 0.4) is 0 Å². The molecule has 0 saturated heterocycles. The van der Waals surface area contributed by atoms with E-state index in [-0.39, 0.29) is 0 Å². The SMILES string of the molecule is C#CCc1ccccc1.c1ccccc1. The number of rotatable bonds is 1. The summed E-state index contributed by atoms with van der Waals surface area (Å²) < 4.78 is 0. The lowest BCUT2D eigenvalue weighted by atomic mass is 10.2. The molecule has 0 atom stereocenters. The first-order valence-corrected chi connectivity index (χ1v) is 4.91. The molecule has 0 aliphatic carbocycles. The van der Waals surface area contributed by atoms with Gasteiger partial charge in [0.2, 0.25) is 0 Å². The molecule has 0 radical (unpaired) electrons. The molecule has 0 heterocycles. The maximum Gasteiger partial charge on any atom is 0.0337 e. The topological polar surface area (TPSA) is 0 Å². The Morgan fingerprint density at radius 3 is 1.53 bits per heavy atom. The van der Waals surface area contributed by atoms with Crippen LogP contribution >= 0.6 is 0 Å². The largest absolute Gasteiger partial charge is 0.120 e. The van der Waals surface area contributed by atoms with Gasteiger partial charge in [0.15, 0.2) is 0 Å². The van der Waals surface area contributed by atoms with Crippen molar-refractivity contribution in [3.63, 3.8) is 0 Å². The van der Waals surface area contributed by atoms with Crippen LogP contribution in [0.15, 0.2) is 66.7 Å². The molecule has 2 aromatic rings. The maximum absolute atomic E-state index is 5.11. The van der Waals surface area contributed by atoms with Crippen molar-refractivity contribution >= 4 is 0 Å².